The van der Waals surface area contributed by atoms with E-state index in [9.17, 15) is 0 Å². The van der Waals surface area contributed by atoms with Crippen LogP contribution in [-0.4, -0.2) is 30.1 Å². The molecule has 0 atom stereocenters. The molecule has 1 aliphatic rings. The molecule has 0 unspecified atom stereocenters. The fourth-order valence-corrected chi connectivity index (χ4v) is 1.66. The second-order valence-corrected chi connectivity index (χ2v) is 4.17. The molecular formula is C12H14N6. The lowest BCUT2D eigenvalue weighted by molar-refractivity contribution is 0.873. The molecule has 1 fully saturated rings. The zero-order valence-corrected chi connectivity index (χ0v) is 10.2. The standard InChI is InChI=1S/C12H14N6/c1-15-10-8-11(18(6-4-13)7-5-14)17-12(16-10)9-2-3-9/h8-9H,2-3,6-7H2,1H3,(H,15,16,17). The predicted octanol–water partition coefficient (Wildman–Crippen LogP) is 1.25. The fraction of sp³-hybridized carbons (Fsp3) is 0.500. The van der Waals surface area contributed by atoms with Crippen molar-refractivity contribution in [3.8, 4) is 12.1 Å². The lowest BCUT2D eigenvalue weighted by atomic mass is 10.3. The summed E-state index contributed by atoms with van der Waals surface area (Å²) >= 11 is 0. The normalized spacial score (nSPS) is 13.5. The van der Waals surface area contributed by atoms with Crippen LogP contribution in [0.15, 0.2) is 6.07 Å². The maximum absolute atomic E-state index is 8.78. The lowest BCUT2D eigenvalue weighted by Crippen LogP contribution is -2.25. The summed E-state index contributed by atoms with van der Waals surface area (Å²) in [6, 6.07) is 5.86. The van der Waals surface area contributed by atoms with Gasteiger partial charge in [0.05, 0.1) is 12.1 Å². The van der Waals surface area contributed by atoms with Crippen LogP contribution in [0.3, 0.4) is 0 Å². The summed E-state index contributed by atoms with van der Waals surface area (Å²) in [7, 11) is 1.79. The van der Waals surface area contributed by atoms with Gasteiger partial charge in [0.2, 0.25) is 0 Å². The van der Waals surface area contributed by atoms with E-state index in [1.54, 1.807) is 18.0 Å². The average molecular weight is 242 g/mol. The number of nitrogens with zero attached hydrogens (tertiary/aromatic N) is 5. The zero-order chi connectivity index (χ0) is 13.0. The van der Waals surface area contributed by atoms with Crippen LogP contribution < -0.4 is 10.2 Å². The van der Waals surface area contributed by atoms with Crippen LogP contribution in [0.1, 0.15) is 24.6 Å². The summed E-state index contributed by atoms with van der Waals surface area (Å²) in [4.78, 5) is 10.5. The third-order valence-corrected chi connectivity index (χ3v) is 2.78. The molecule has 0 amide bonds. The van der Waals surface area contributed by atoms with E-state index < -0.39 is 0 Å². The minimum Gasteiger partial charge on any atom is -0.373 e. The molecule has 6 nitrogen and oxygen atoms in total. The highest BCUT2D eigenvalue weighted by Crippen LogP contribution is 2.39. The monoisotopic (exact) mass is 242 g/mol. The van der Waals surface area contributed by atoms with Crippen molar-refractivity contribution in [2.24, 2.45) is 0 Å². The lowest BCUT2D eigenvalue weighted by Gasteiger charge is -2.18. The Hall–Kier alpha value is -2.34. The molecule has 1 aromatic rings. The van der Waals surface area contributed by atoms with Crippen molar-refractivity contribution in [3.05, 3.63) is 11.9 Å². The van der Waals surface area contributed by atoms with Gasteiger partial charge in [0.25, 0.3) is 0 Å². The molecule has 6 heteroatoms. The number of aromatic nitrogens is 2. The van der Waals surface area contributed by atoms with Crippen molar-refractivity contribution < 1.29 is 0 Å². The Balaban J connectivity index is 2.32. The van der Waals surface area contributed by atoms with Crippen molar-refractivity contribution in [2.45, 2.75) is 18.8 Å². The van der Waals surface area contributed by atoms with Crippen LogP contribution in [0.2, 0.25) is 0 Å². The molecule has 18 heavy (non-hydrogen) atoms. The molecule has 1 saturated carbocycles. The first-order valence-corrected chi connectivity index (χ1v) is 5.84. The highest BCUT2D eigenvalue weighted by Gasteiger charge is 2.27. The summed E-state index contributed by atoms with van der Waals surface area (Å²) < 4.78 is 0. The van der Waals surface area contributed by atoms with Crippen LogP contribution >= 0.6 is 0 Å². The first-order chi connectivity index (χ1) is 8.78. The molecule has 1 heterocycles. The molecule has 1 aliphatic carbocycles. The first kappa shape index (κ1) is 12.1. The molecule has 0 bridgehead atoms. The van der Waals surface area contributed by atoms with Crippen molar-refractivity contribution in [2.75, 3.05) is 30.4 Å². The van der Waals surface area contributed by atoms with Gasteiger partial charge in [0, 0.05) is 19.0 Å². The highest BCUT2D eigenvalue weighted by molar-refractivity contribution is 5.50. The fourth-order valence-electron chi connectivity index (χ4n) is 1.66. The van der Waals surface area contributed by atoms with Gasteiger partial charge in [0.15, 0.2) is 0 Å². The molecule has 0 aromatic carbocycles. The average Bonchev–Trinajstić information content (AvgIpc) is 3.22. The number of nitriles is 2. The van der Waals surface area contributed by atoms with Gasteiger partial charge in [0.1, 0.15) is 30.5 Å². The molecule has 1 aromatic heterocycles. The predicted molar refractivity (Wildman–Crippen MR) is 67.0 cm³/mol. The molecule has 2 rings (SSSR count). The summed E-state index contributed by atoms with van der Waals surface area (Å²) in [6.07, 6.45) is 2.23. The Kier molecular flexibility index (Phi) is 3.59. The molecule has 0 spiro atoms. The summed E-state index contributed by atoms with van der Waals surface area (Å²) in [5, 5.41) is 20.5. The Labute approximate surface area is 106 Å². The van der Waals surface area contributed by atoms with E-state index in [1.165, 1.54) is 0 Å². The van der Waals surface area contributed by atoms with Gasteiger partial charge in [-0.25, -0.2) is 9.97 Å². The SMILES string of the molecule is CNc1cc(N(CC#N)CC#N)nc(C2CC2)n1. The smallest absolute Gasteiger partial charge is 0.136 e. The second kappa shape index (κ2) is 5.33. The van der Waals surface area contributed by atoms with E-state index in [0.717, 1.165) is 24.5 Å². The Morgan fingerprint density at radius 1 is 1.33 bits per heavy atom. The highest BCUT2D eigenvalue weighted by atomic mass is 15.2. The van der Waals surface area contributed by atoms with Crippen LogP contribution in [0.5, 0.6) is 0 Å². The summed E-state index contributed by atoms with van der Waals surface area (Å²) in [6.45, 7) is 0.301. The molecule has 0 radical (unpaired) electrons. The van der Waals surface area contributed by atoms with Crippen molar-refractivity contribution >= 4 is 11.6 Å². The molecular weight excluding hydrogens is 228 g/mol. The topological polar surface area (TPSA) is 88.6 Å². The number of hydrogen-bond donors (Lipinski definition) is 1. The Bertz CT molecular complexity index is 492. The first-order valence-electron chi connectivity index (χ1n) is 5.84. The molecule has 0 saturated heterocycles. The van der Waals surface area contributed by atoms with E-state index in [0.29, 0.717) is 11.7 Å². The van der Waals surface area contributed by atoms with Crippen LogP contribution in [0.25, 0.3) is 0 Å². The minimum atomic E-state index is 0.151. The number of nitrogens with one attached hydrogen (secondary N) is 1. The van der Waals surface area contributed by atoms with Crippen LogP contribution in [0.4, 0.5) is 11.6 Å². The Morgan fingerprint density at radius 2 is 2.00 bits per heavy atom. The van der Waals surface area contributed by atoms with Gasteiger partial charge in [-0.15, -0.1) is 0 Å². The van der Waals surface area contributed by atoms with Crippen LogP contribution in [-0.2, 0) is 0 Å². The second-order valence-electron chi connectivity index (χ2n) is 4.17. The van der Waals surface area contributed by atoms with E-state index in [1.807, 2.05) is 12.1 Å². The Morgan fingerprint density at radius 3 is 2.50 bits per heavy atom. The van der Waals surface area contributed by atoms with Gasteiger partial charge in [-0.1, -0.05) is 0 Å². The van der Waals surface area contributed by atoms with E-state index in [-0.39, 0.29) is 13.1 Å². The van der Waals surface area contributed by atoms with Crippen molar-refractivity contribution in [3.63, 3.8) is 0 Å². The third-order valence-electron chi connectivity index (χ3n) is 2.78. The van der Waals surface area contributed by atoms with E-state index in [2.05, 4.69) is 15.3 Å². The van der Waals surface area contributed by atoms with Gasteiger partial charge in [-0.3, -0.25) is 0 Å². The quantitative estimate of drug-likeness (QED) is 0.782. The maximum atomic E-state index is 8.78. The van der Waals surface area contributed by atoms with E-state index in [4.69, 9.17) is 10.5 Å². The summed E-state index contributed by atoms with van der Waals surface area (Å²) in [5.74, 6) is 2.60. The van der Waals surface area contributed by atoms with Gasteiger partial charge >= 0.3 is 0 Å². The number of rotatable bonds is 5. The maximum Gasteiger partial charge on any atom is 0.136 e. The van der Waals surface area contributed by atoms with Crippen LogP contribution in [0, 0.1) is 22.7 Å². The molecule has 0 aliphatic heterocycles. The summed E-state index contributed by atoms with van der Waals surface area (Å²) in [5.41, 5.74) is 0. The third kappa shape index (κ3) is 2.67. The van der Waals surface area contributed by atoms with Crippen molar-refractivity contribution in [1.82, 2.24) is 9.97 Å². The largest absolute Gasteiger partial charge is 0.373 e. The molecule has 1 N–H and O–H groups in total. The van der Waals surface area contributed by atoms with E-state index >= 15 is 0 Å². The van der Waals surface area contributed by atoms with Crippen molar-refractivity contribution in [1.29, 1.82) is 10.5 Å². The van der Waals surface area contributed by atoms with Gasteiger partial charge in [-0.2, -0.15) is 10.5 Å². The van der Waals surface area contributed by atoms with Gasteiger partial charge in [-0.05, 0) is 12.8 Å². The zero-order valence-electron chi connectivity index (χ0n) is 10.2. The van der Waals surface area contributed by atoms with Gasteiger partial charge < -0.3 is 10.2 Å². The number of anilines is 2. The molecule has 92 valence electrons. The minimum absolute atomic E-state index is 0.151. The number of hydrogen-bond acceptors (Lipinski definition) is 6.